The van der Waals surface area contributed by atoms with Gasteiger partial charge in [0.25, 0.3) is 0 Å². The van der Waals surface area contributed by atoms with Gasteiger partial charge in [-0.2, -0.15) is 5.10 Å². The first-order chi connectivity index (χ1) is 10.7. The molecule has 0 aliphatic rings. The molecule has 0 aliphatic heterocycles. The van der Waals surface area contributed by atoms with E-state index < -0.39 is 0 Å². The minimum absolute atomic E-state index is 0.211. The molecule has 0 spiro atoms. The van der Waals surface area contributed by atoms with E-state index in [1.807, 2.05) is 6.92 Å². The Kier molecular flexibility index (Phi) is 7.77. The highest BCUT2D eigenvalue weighted by atomic mass is 16.5. The van der Waals surface area contributed by atoms with Gasteiger partial charge in [0.15, 0.2) is 11.5 Å². The number of nitrogens with one attached hydrogen (secondary N) is 1. The van der Waals surface area contributed by atoms with E-state index >= 15 is 0 Å². The van der Waals surface area contributed by atoms with E-state index in [0.29, 0.717) is 36.0 Å². The highest BCUT2D eigenvalue weighted by molar-refractivity contribution is 5.84. The molecule has 1 N–H and O–H groups in total. The molecule has 0 saturated carbocycles. The Labute approximate surface area is 130 Å². The molecule has 0 unspecified atom stereocenters. The van der Waals surface area contributed by atoms with Crippen molar-refractivity contribution in [1.82, 2.24) is 5.43 Å². The van der Waals surface area contributed by atoms with Crippen molar-refractivity contribution >= 4 is 12.1 Å². The molecule has 122 valence electrons. The van der Waals surface area contributed by atoms with E-state index in [0.717, 1.165) is 0 Å². The summed E-state index contributed by atoms with van der Waals surface area (Å²) < 4.78 is 20.8. The lowest BCUT2D eigenvalue weighted by Crippen LogP contribution is -2.19. The molecule has 0 heterocycles. The van der Waals surface area contributed by atoms with E-state index in [2.05, 4.69) is 10.5 Å². The minimum Gasteiger partial charge on any atom is -0.493 e. The lowest BCUT2D eigenvalue weighted by atomic mass is 10.2. The number of carbonyl (C=O) groups is 1. The van der Waals surface area contributed by atoms with Crippen LogP contribution in [0.4, 0.5) is 0 Å². The molecule has 0 radical (unpaired) electrons. The van der Waals surface area contributed by atoms with Gasteiger partial charge in [0, 0.05) is 12.2 Å². The number of hydrazone groups is 1. The fourth-order valence-electron chi connectivity index (χ4n) is 1.72. The molecule has 0 fully saturated rings. The predicted molar refractivity (Wildman–Crippen MR) is 82.9 cm³/mol. The van der Waals surface area contributed by atoms with Crippen LogP contribution >= 0.6 is 0 Å². The van der Waals surface area contributed by atoms with Crippen molar-refractivity contribution in [2.75, 3.05) is 34.5 Å². The van der Waals surface area contributed by atoms with Crippen LogP contribution in [0.1, 0.15) is 18.9 Å². The number of hydrogen-bond acceptors (Lipinski definition) is 6. The van der Waals surface area contributed by atoms with Gasteiger partial charge in [0.05, 0.1) is 40.6 Å². The molecule has 1 rings (SSSR count). The molecule has 0 atom stereocenters. The van der Waals surface area contributed by atoms with E-state index in [1.54, 1.807) is 12.1 Å². The van der Waals surface area contributed by atoms with Crippen LogP contribution in [-0.2, 0) is 9.53 Å². The Balaban J connectivity index is 2.72. The van der Waals surface area contributed by atoms with Crippen molar-refractivity contribution < 1.29 is 23.7 Å². The molecule has 7 heteroatoms. The summed E-state index contributed by atoms with van der Waals surface area (Å²) in [6.07, 6.45) is 1.77. The predicted octanol–water partition coefficient (Wildman–Crippen LogP) is 1.59. The van der Waals surface area contributed by atoms with Crippen LogP contribution < -0.4 is 19.6 Å². The molecule has 0 aliphatic carbocycles. The second kappa shape index (κ2) is 9.62. The van der Waals surface area contributed by atoms with Gasteiger partial charge in [-0.25, -0.2) is 5.43 Å². The Morgan fingerprint density at radius 3 is 2.32 bits per heavy atom. The number of amides is 1. The molecule has 0 bridgehead atoms. The van der Waals surface area contributed by atoms with Gasteiger partial charge in [-0.1, -0.05) is 0 Å². The van der Waals surface area contributed by atoms with Gasteiger partial charge < -0.3 is 18.9 Å². The maximum atomic E-state index is 11.5. The van der Waals surface area contributed by atoms with Crippen LogP contribution in [0.5, 0.6) is 17.2 Å². The van der Waals surface area contributed by atoms with Gasteiger partial charge >= 0.3 is 0 Å². The van der Waals surface area contributed by atoms with E-state index in [4.69, 9.17) is 18.9 Å². The first-order valence-electron chi connectivity index (χ1n) is 6.85. The molecule has 22 heavy (non-hydrogen) atoms. The third-order valence-corrected chi connectivity index (χ3v) is 2.77. The van der Waals surface area contributed by atoms with Crippen molar-refractivity contribution in [3.05, 3.63) is 17.7 Å². The quantitative estimate of drug-likeness (QED) is 0.426. The highest BCUT2D eigenvalue weighted by Crippen LogP contribution is 2.37. The Bertz CT molecular complexity index is 492. The second-order valence-corrected chi connectivity index (χ2v) is 4.20. The van der Waals surface area contributed by atoms with Gasteiger partial charge in [0.1, 0.15) is 0 Å². The normalized spacial score (nSPS) is 10.5. The van der Waals surface area contributed by atoms with Crippen LogP contribution in [0, 0.1) is 0 Å². The second-order valence-electron chi connectivity index (χ2n) is 4.20. The summed E-state index contributed by atoms with van der Waals surface area (Å²) in [4.78, 5) is 11.5. The van der Waals surface area contributed by atoms with E-state index in [1.165, 1.54) is 27.5 Å². The lowest BCUT2D eigenvalue weighted by Gasteiger charge is -2.12. The summed E-state index contributed by atoms with van der Waals surface area (Å²) in [5.74, 6) is 1.33. The SMILES string of the molecule is CCOCCC(=O)N/N=C/c1cc(OC)c(OC)c(OC)c1. The van der Waals surface area contributed by atoms with Crippen LogP contribution in [0.3, 0.4) is 0 Å². The third-order valence-electron chi connectivity index (χ3n) is 2.77. The first kappa shape index (κ1) is 17.8. The van der Waals surface area contributed by atoms with Gasteiger partial charge in [-0.15, -0.1) is 0 Å². The summed E-state index contributed by atoms with van der Waals surface area (Å²) in [6.45, 7) is 2.84. The molecule has 0 saturated heterocycles. The summed E-state index contributed by atoms with van der Waals surface area (Å²) in [5, 5.41) is 3.89. The summed E-state index contributed by atoms with van der Waals surface area (Å²) in [5.41, 5.74) is 3.14. The number of rotatable bonds is 9. The molecular weight excluding hydrogens is 288 g/mol. The topological polar surface area (TPSA) is 78.4 Å². The minimum atomic E-state index is -0.211. The average molecular weight is 310 g/mol. The maximum absolute atomic E-state index is 11.5. The van der Waals surface area contributed by atoms with Gasteiger partial charge in [-0.3, -0.25) is 4.79 Å². The van der Waals surface area contributed by atoms with Crippen LogP contribution in [0.2, 0.25) is 0 Å². The van der Waals surface area contributed by atoms with Crippen molar-refractivity contribution in [3.63, 3.8) is 0 Å². The fraction of sp³-hybridized carbons (Fsp3) is 0.467. The Morgan fingerprint density at radius 1 is 1.18 bits per heavy atom. The number of hydrogen-bond donors (Lipinski definition) is 1. The molecule has 1 aromatic carbocycles. The molecule has 1 aromatic rings. The average Bonchev–Trinajstić information content (AvgIpc) is 2.54. The van der Waals surface area contributed by atoms with Crippen LogP contribution in [0.15, 0.2) is 17.2 Å². The molecule has 7 nitrogen and oxygen atoms in total. The summed E-state index contributed by atoms with van der Waals surface area (Å²) in [7, 11) is 4.61. The monoisotopic (exact) mass is 310 g/mol. The van der Waals surface area contributed by atoms with Crippen LogP contribution in [0.25, 0.3) is 0 Å². The molecular formula is C15H22N2O5. The van der Waals surface area contributed by atoms with Gasteiger partial charge in [0.2, 0.25) is 11.7 Å². The molecule has 1 amide bonds. The van der Waals surface area contributed by atoms with E-state index in [-0.39, 0.29) is 12.3 Å². The lowest BCUT2D eigenvalue weighted by molar-refractivity contribution is -0.122. The highest BCUT2D eigenvalue weighted by Gasteiger charge is 2.12. The molecule has 0 aromatic heterocycles. The first-order valence-corrected chi connectivity index (χ1v) is 6.85. The third kappa shape index (κ3) is 5.25. The Hall–Kier alpha value is -2.28. The zero-order valence-corrected chi connectivity index (χ0v) is 13.3. The summed E-state index contributed by atoms with van der Waals surface area (Å²) >= 11 is 0. The number of carbonyl (C=O) groups excluding carboxylic acids is 1. The van der Waals surface area contributed by atoms with Crippen LogP contribution in [-0.4, -0.2) is 46.7 Å². The number of nitrogens with zero attached hydrogens (tertiary/aromatic N) is 1. The smallest absolute Gasteiger partial charge is 0.242 e. The zero-order valence-electron chi connectivity index (χ0n) is 13.3. The maximum Gasteiger partial charge on any atom is 0.242 e. The number of benzene rings is 1. The Morgan fingerprint density at radius 2 is 1.82 bits per heavy atom. The fourth-order valence-corrected chi connectivity index (χ4v) is 1.72. The van der Waals surface area contributed by atoms with Crippen molar-refractivity contribution in [1.29, 1.82) is 0 Å². The number of ether oxygens (including phenoxy) is 4. The zero-order chi connectivity index (χ0) is 16.4. The van der Waals surface area contributed by atoms with Crippen molar-refractivity contribution in [3.8, 4) is 17.2 Å². The van der Waals surface area contributed by atoms with E-state index in [9.17, 15) is 4.79 Å². The van der Waals surface area contributed by atoms with Crippen molar-refractivity contribution in [2.45, 2.75) is 13.3 Å². The standard InChI is InChI=1S/C15H22N2O5/c1-5-22-7-6-14(18)17-16-10-11-8-12(19-2)15(21-4)13(9-11)20-3/h8-10H,5-7H2,1-4H3,(H,17,18)/b16-10+. The van der Waals surface area contributed by atoms with Gasteiger partial charge in [-0.05, 0) is 19.1 Å². The van der Waals surface area contributed by atoms with Crippen molar-refractivity contribution in [2.24, 2.45) is 5.10 Å². The largest absolute Gasteiger partial charge is 0.493 e. The number of methoxy groups -OCH3 is 3. The summed E-state index contributed by atoms with van der Waals surface area (Å²) in [6, 6.07) is 3.47.